The van der Waals surface area contributed by atoms with Crippen molar-refractivity contribution in [3.63, 3.8) is 0 Å². The van der Waals surface area contributed by atoms with Crippen LogP contribution in [-0.2, 0) is 0 Å². The van der Waals surface area contributed by atoms with Crippen molar-refractivity contribution in [1.82, 2.24) is 15.1 Å². The molecule has 140 valence electrons. The fourth-order valence-electron chi connectivity index (χ4n) is 3.07. The Morgan fingerprint density at radius 2 is 1.86 bits per heavy atom. The molecule has 0 amide bonds. The zero-order chi connectivity index (χ0) is 18.9. The van der Waals surface area contributed by atoms with Crippen molar-refractivity contribution in [3.05, 3.63) is 58.9 Å². The Bertz CT molecular complexity index is 1100. The third-order valence-corrected chi connectivity index (χ3v) is 5.71. The minimum atomic E-state index is 0.494. The van der Waals surface area contributed by atoms with E-state index in [2.05, 4.69) is 27.7 Å². The van der Waals surface area contributed by atoms with Gasteiger partial charge in [0.15, 0.2) is 0 Å². The van der Waals surface area contributed by atoms with Gasteiger partial charge in [0.25, 0.3) is 5.89 Å². The third kappa shape index (κ3) is 3.43. The number of thiazole rings is 1. The summed E-state index contributed by atoms with van der Waals surface area (Å²) in [7, 11) is 0. The van der Waals surface area contributed by atoms with Crippen molar-refractivity contribution in [2.45, 2.75) is 25.7 Å². The first-order valence-corrected chi connectivity index (χ1v) is 10.3. The molecule has 0 saturated heterocycles. The van der Waals surface area contributed by atoms with Gasteiger partial charge in [-0.1, -0.05) is 23.4 Å². The molecule has 5 nitrogen and oxygen atoms in total. The van der Waals surface area contributed by atoms with Gasteiger partial charge in [-0.15, -0.1) is 11.3 Å². The first kappa shape index (κ1) is 17.1. The number of ether oxygens (including phenoxy) is 1. The summed E-state index contributed by atoms with van der Waals surface area (Å²) in [6.07, 6.45) is 2.54. The highest BCUT2D eigenvalue weighted by Crippen LogP contribution is 2.42. The molecule has 2 aromatic heterocycles. The van der Waals surface area contributed by atoms with E-state index in [0.29, 0.717) is 24.2 Å². The van der Waals surface area contributed by atoms with Gasteiger partial charge in [0.2, 0.25) is 5.82 Å². The highest BCUT2D eigenvalue weighted by atomic mass is 32.1. The first-order valence-electron chi connectivity index (χ1n) is 9.43. The average molecular weight is 389 g/mol. The molecule has 2 heterocycles. The van der Waals surface area contributed by atoms with Crippen LogP contribution in [0.15, 0.2) is 58.4 Å². The molecular formula is C22H19N3O2S. The van der Waals surface area contributed by atoms with Gasteiger partial charge in [0.1, 0.15) is 5.75 Å². The summed E-state index contributed by atoms with van der Waals surface area (Å²) in [5.41, 5.74) is 3.88. The molecule has 2 aromatic carbocycles. The lowest BCUT2D eigenvalue weighted by molar-refractivity contribution is 0.340. The maximum Gasteiger partial charge on any atom is 0.258 e. The summed E-state index contributed by atoms with van der Waals surface area (Å²) in [5, 5.41) is 7.55. The fraction of sp³-hybridized carbons (Fsp3) is 0.227. The number of nitrogens with zero attached hydrogens (tertiary/aromatic N) is 3. The van der Waals surface area contributed by atoms with Gasteiger partial charge in [-0.3, -0.25) is 0 Å². The van der Waals surface area contributed by atoms with Crippen molar-refractivity contribution < 1.29 is 9.26 Å². The van der Waals surface area contributed by atoms with Crippen LogP contribution >= 0.6 is 11.3 Å². The summed E-state index contributed by atoms with van der Waals surface area (Å²) in [6, 6.07) is 15.8. The van der Waals surface area contributed by atoms with E-state index in [1.54, 1.807) is 11.3 Å². The maximum absolute atomic E-state index is 5.48. The van der Waals surface area contributed by atoms with Gasteiger partial charge in [-0.25, -0.2) is 4.98 Å². The molecule has 0 atom stereocenters. The van der Waals surface area contributed by atoms with Crippen LogP contribution in [-0.4, -0.2) is 21.7 Å². The topological polar surface area (TPSA) is 61.0 Å². The standard InChI is InChI=1S/C22H19N3O2S/c1-2-26-18-10-8-14(9-11-18)21-24-20(25-27-21)17-5-3-4-16(12-17)19-13-28-22(23-19)15-6-7-15/h3-5,8-13,15H,2,6-7H2,1H3. The van der Waals surface area contributed by atoms with E-state index in [0.717, 1.165) is 28.1 Å². The first-order chi connectivity index (χ1) is 13.8. The second-order valence-electron chi connectivity index (χ2n) is 6.81. The van der Waals surface area contributed by atoms with Gasteiger partial charge in [-0.2, -0.15) is 4.98 Å². The Morgan fingerprint density at radius 3 is 2.64 bits per heavy atom. The quantitative estimate of drug-likeness (QED) is 0.417. The highest BCUT2D eigenvalue weighted by Gasteiger charge is 2.26. The zero-order valence-electron chi connectivity index (χ0n) is 15.5. The van der Waals surface area contributed by atoms with E-state index in [-0.39, 0.29) is 0 Å². The van der Waals surface area contributed by atoms with Gasteiger partial charge in [0, 0.05) is 28.0 Å². The molecule has 1 aliphatic carbocycles. The van der Waals surface area contributed by atoms with Crippen LogP contribution in [0.3, 0.4) is 0 Å². The van der Waals surface area contributed by atoms with E-state index in [9.17, 15) is 0 Å². The number of hydrogen-bond acceptors (Lipinski definition) is 6. The summed E-state index contributed by atoms with van der Waals surface area (Å²) in [4.78, 5) is 9.36. The molecule has 1 aliphatic rings. The Labute approximate surface area is 167 Å². The maximum atomic E-state index is 5.48. The molecule has 28 heavy (non-hydrogen) atoms. The second kappa shape index (κ2) is 7.20. The Kier molecular flexibility index (Phi) is 4.41. The minimum absolute atomic E-state index is 0.494. The lowest BCUT2D eigenvalue weighted by atomic mass is 10.1. The molecule has 1 saturated carbocycles. The molecule has 4 aromatic rings. The Morgan fingerprint density at radius 1 is 1.04 bits per heavy atom. The molecular weight excluding hydrogens is 370 g/mol. The van der Waals surface area contributed by atoms with Gasteiger partial charge < -0.3 is 9.26 Å². The monoisotopic (exact) mass is 389 g/mol. The molecule has 0 bridgehead atoms. The minimum Gasteiger partial charge on any atom is -0.494 e. The SMILES string of the molecule is CCOc1ccc(-c2nc(-c3cccc(-c4csc(C5CC5)n4)c3)no2)cc1. The number of rotatable bonds is 6. The van der Waals surface area contributed by atoms with Crippen molar-refractivity contribution in [2.75, 3.05) is 6.61 Å². The van der Waals surface area contributed by atoms with Crippen molar-refractivity contribution in [1.29, 1.82) is 0 Å². The third-order valence-electron chi connectivity index (χ3n) is 4.70. The van der Waals surface area contributed by atoms with Crippen molar-refractivity contribution >= 4 is 11.3 Å². The second-order valence-corrected chi connectivity index (χ2v) is 7.70. The number of hydrogen-bond donors (Lipinski definition) is 0. The van der Waals surface area contributed by atoms with Gasteiger partial charge >= 0.3 is 0 Å². The average Bonchev–Trinajstić information content (AvgIpc) is 3.27. The largest absolute Gasteiger partial charge is 0.494 e. The molecule has 0 N–H and O–H groups in total. The van der Waals surface area contributed by atoms with E-state index < -0.39 is 0 Å². The van der Waals surface area contributed by atoms with Crippen molar-refractivity contribution in [2.24, 2.45) is 0 Å². The summed E-state index contributed by atoms with van der Waals surface area (Å²) < 4.78 is 11.0. The van der Waals surface area contributed by atoms with Crippen molar-refractivity contribution in [3.8, 4) is 39.8 Å². The van der Waals surface area contributed by atoms with Gasteiger partial charge in [-0.05, 0) is 50.1 Å². The summed E-state index contributed by atoms with van der Waals surface area (Å²) in [6.45, 7) is 2.60. The fourth-order valence-corrected chi connectivity index (χ4v) is 4.07. The van der Waals surface area contributed by atoms with Crippen LogP contribution in [0.1, 0.15) is 30.7 Å². The van der Waals surface area contributed by atoms with E-state index in [4.69, 9.17) is 14.2 Å². The van der Waals surface area contributed by atoms with Crippen LogP contribution in [0.5, 0.6) is 5.75 Å². The van der Waals surface area contributed by atoms with Crippen LogP contribution in [0.2, 0.25) is 0 Å². The molecule has 6 heteroatoms. The highest BCUT2D eigenvalue weighted by molar-refractivity contribution is 7.10. The lowest BCUT2D eigenvalue weighted by Crippen LogP contribution is -1.90. The Balaban J connectivity index is 1.40. The van der Waals surface area contributed by atoms with E-state index in [1.807, 2.05) is 43.3 Å². The lowest BCUT2D eigenvalue weighted by Gasteiger charge is -2.02. The number of aromatic nitrogens is 3. The number of benzene rings is 2. The van der Waals surface area contributed by atoms with Crippen LogP contribution in [0.4, 0.5) is 0 Å². The van der Waals surface area contributed by atoms with Gasteiger partial charge in [0.05, 0.1) is 17.3 Å². The van der Waals surface area contributed by atoms with Crippen LogP contribution < -0.4 is 4.74 Å². The van der Waals surface area contributed by atoms with E-state index in [1.165, 1.54) is 17.8 Å². The predicted octanol–water partition coefficient (Wildman–Crippen LogP) is 5.80. The Hall–Kier alpha value is -2.99. The normalized spacial score (nSPS) is 13.6. The zero-order valence-corrected chi connectivity index (χ0v) is 16.3. The molecule has 1 fully saturated rings. The predicted molar refractivity (Wildman–Crippen MR) is 109 cm³/mol. The molecule has 0 unspecified atom stereocenters. The van der Waals surface area contributed by atoms with Crippen LogP contribution in [0.25, 0.3) is 34.1 Å². The summed E-state index contributed by atoms with van der Waals surface area (Å²) in [5.74, 6) is 2.57. The molecule has 0 aliphatic heterocycles. The molecule has 0 radical (unpaired) electrons. The molecule has 0 spiro atoms. The molecule has 5 rings (SSSR count). The van der Waals surface area contributed by atoms with E-state index >= 15 is 0 Å². The van der Waals surface area contributed by atoms with Crippen LogP contribution in [0, 0.1) is 0 Å². The smallest absolute Gasteiger partial charge is 0.258 e. The summed E-state index contributed by atoms with van der Waals surface area (Å²) >= 11 is 1.75.